The SMILES string of the molecule is c1ncc([C@@H]2CCCCN2)c2c1NCCC2. The third kappa shape index (κ3) is 1.80. The van der Waals surface area contributed by atoms with Crippen molar-refractivity contribution in [2.45, 2.75) is 38.1 Å². The van der Waals surface area contributed by atoms with Crippen molar-refractivity contribution in [1.82, 2.24) is 10.3 Å². The Hall–Kier alpha value is -1.09. The summed E-state index contributed by atoms with van der Waals surface area (Å²) in [6.07, 6.45) is 10.4. The molecule has 3 heteroatoms. The quantitative estimate of drug-likeness (QED) is 0.757. The largest absolute Gasteiger partial charge is 0.384 e. The molecule has 16 heavy (non-hydrogen) atoms. The van der Waals surface area contributed by atoms with Crippen LogP contribution in [0.25, 0.3) is 0 Å². The molecule has 0 radical (unpaired) electrons. The van der Waals surface area contributed by atoms with Crippen molar-refractivity contribution in [2.24, 2.45) is 0 Å². The van der Waals surface area contributed by atoms with Gasteiger partial charge in [-0.05, 0) is 43.4 Å². The Kier molecular flexibility index (Phi) is 2.79. The number of pyridine rings is 1. The number of anilines is 1. The first kappa shape index (κ1) is 10.1. The summed E-state index contributed by atoms with van der Waals surface area (Å²) in [4.78, 5) is 4.37. The van der Waals surface area contributed by atoms with Crippen molar-refractivity contribution in [3.63, 3.8) is 0 Å². The first-order valence-corrected chi connectivity index (χ1v) is 6.39. The zero-order chi connectivity index (χ0) is 10.8. The predicted molar refractivity (Wildman–Crippen MR) is 65.6 cm³/mol. The molecule has 2 aliphatic rings. The van der Waals surface area contributed by atoms with E-state index < -0.39 is 0 Å². The molecule has 2 N–H and O–H groups in total. The molecular weight excluding hydrogens is 198 g/mol. The third-order valence-corrected chi connectivity index (χ3v) is 3.70. The Morgan fingerprint density at radius 2 is 2.12 bits per heavy atom. The van der Waals surface area contributed by atoms with E-state index in [-0.39, 0.29) is 0 Å². The van der Waals surface area contributed by atoms with Crippen molar-refractivity contribution in [3.05, 3.63) is 23.5 Å². The van der Waals surface area contributed by atoms with Gasteiger partial charge in [-0.3, -0.25) is 4.98 Å². The highest BCUT2D eigenvalue weighted by Gasteiger charge is 2.21. The third-order valence-electron chi connectivity index (χ3n) is 3.70. The molecule has 3 heterocycles. The van der Waals surface area contributed by atoms with Crippen molar-refractivity contribution in [2.75, 3.05) is 18.4 Å². The normalized spacial score (nSPS) is 24.6. The van der Waals surface area contributed by atoms with Gasteiger partial charge in [0.15, 0.2) is 0 Å². The van der Waals surface area contributed by atoms with E-state index in [0.717, 1.165) is 13.1 Å². The van der Waals surface area contributed by atoms with Crippen LogP contribution in [-0.2, 0) is 6.42 Å². The highest BCUT2D eigenvalue weighted by Crippen LogP contribution is 2.31. The topological polar surface area (TPSA) is 37.0 Å². The van der Waals surface area contributed by atoms with E-state index in [2.05, 4.69) is 21.8 Å². The van der Waals surface area contributed by atoms with Gasteiger partial charge in [-0.25, -0.2) is 0 Å². The molecule has 3 rings (SSSR count). The number of nitrogens with one attached hydrogen (secondary N) is 2. The Balaban J connectivity index is 1.93. The molecule has 0 aliphatic carbocycles. The first-order chi connectivity index (χ1) is 7.95. The molecule has 1 saturated heterocycles. The van der Waals surface area contributed by atoms with Crippen molar-refractivity contribution < 1.29 is 0 Å². The second kappa shape index (κ2) is 4.42. The first-order valence-electron chi connectivity index (χ1n) is 6.39. The predicted octanol–water partition coefficient (Wildman–Crippen LogP) is 2.25. The van der Waals surface area contributed by atoms with Crippen molar-refractivity contribution in [1.29, 1.82) is 0 Å². The maximum absolute atomic E-state index is 4.37. The van der Waals surface area contributed by atoms with E-state index in [1.807, 2.05) is 6.20 Å². The molecule has 0 spiro atoms. The summed E-state index contributed by atoms with van der Waals surface area (Å²) < 4.78 is 0. The van der Waals surface area contributed by atoms with E-state index in [0.29, 0.717) is 6.04 Å². The van der Waals surface area contributed by atoms with Crippen LogP contribution < -0.4 is 10.6 Å². The fourth-order valence-corrected chi connectivity index (χ4v) is 2.84. The number of piperidine rings is 1. The van der Waals surface area contributed by atoms with Gasteiger partial charge in [-0.15, -0.1) is 0 Å². The molecule has 1 atom stereocenters. The van der Waals surface area contributed by atoms with Crippen LogP contribution in [0.5, 0.6) is 0 Å². The number of nitrogens with zero attached hydrogens (tertiary/aromatic N) is 1. The number of aromatic nitrogens is 1. The zero-order valence-electron chi connectivity index (χ0n) is 9.63. The van der Waals surface area contributed by atoms with Gasteiger partial charge in [0.1, 0.15) is 0 Å². The van der Waals surface area contributed by atoms with Gasteiger partial charge < -0.3 is 10.6 Å². The standard InChI is InChI=1S/C13H19N3/c1-2-6-15-12(5-1)11-8-14-9-13-10(11)4-3-7-16-13/h8-9,12,15-16H,1-7H2/t12-/m0/s1. The van der Waals surface area contributed by atoms with E-state index in [1.54, 1.807) is 0 Å². The van der Waals surface area contributed by atoms with E-state index >= 15 is 0 Å². The fourth-order valence-electron chi connectivity index (χ4n) is 2.84. The second-order valence-electron chi connectivity index (χ2n) is 4.79. The lowest BCUT2D eigenvalue weighted by Gasteiger charge is -2.28. The van der Waals surface area contributed by atoms with Crippen LogP contribution in [-0.4, -0.2) is 18.1 Å². The molecular formula is C13H19N3. The lowest BCUT2D eigenvalue weighted by Crippen LogP contribution is -2.28. The Morgan fingerprint density at radius 3 is 3.00 bits per heavy atom. The number of rotatable bonds is 1. The van der Waals surface area contributed by atoms with Crippen LogP contribution in [0.1, 0.15) is 42.9 Å². The molecule has 0 aromatic carbocycles. The molecule has 1 aromatic heterocycles. The molecule has 86 valence electrons. The van der Waals surface area contributed by atoms with Gasteiger partial charge >= 0.3 is 0 Å². The molecule has 0 saturated carbocycles. The summed E-state index contributed by atoms with van der Waals surface area (Å²) in [5, 5.41) is 7.07. The van der Waals surface area contributed by atoms with Gasteiger partial charge in [-0.1, -0.05) is 6.42 Å². The molecule has 2 aliphatic heterocycles. The maximum Gasteiger partial charge on any atom is 0.0562 e. The molecule has 1 fully saturated rings. The van der Waals surface area contributed by atoms with Gasteiger partial charge in [0.05, 0.1) is 11.9 Å². The van der Waals surface area contributed by atoms with E-state index in [1.165, 1.54) is 48.9 Å². The van der Waals surface area contributed by atoms with Crippen LogP contribution >= 0.6 is 0 Å². The molecule has 0 bridgehead atoms. The van der Waals surface area contributed by atoms with Crippen LogP contribution in [0.2, 0.25) is 0 Å². The minimum atomic E-state index is 0.538. The highest BCUT2D eigenvalue weighted by atomic mass is 14.9. The number of hydrogen-bond donors (Lipinski definition) is 2. The van der Waals surface area contributed by atoms with Crippen LogP contribution in [0.4, 0.5) is 5.69 Å². The molecule has 0 unspecified atom stereocenters. The summed E-state index contributed by atoms with van der Waals surface area (Å²) in [5.74, 6) is 0. The summed E-state index contributed by atoms with van der Waals surface area (Å²) >= 11 is 0. The smallest absolute Gasteiger partial charge is 0.0562 e. The van der Waals surface area contributed by atoms with Crippen molar-refractivity contribution in [3.8, 4) is 0 Å². The average molecular weight is 217 g/mol. The number of fused-ring (bicyclic) bond motifs is 1. The van der Waals surface area contributed by atoms with Gasteiger partial charge in [0.25, 0.3) is 0 Å². The Bertz CT molecular complexity index is 369. The lowest BCUT2D eigenvalue weighted by molar-refractivity contribution is 0.409. The summed E-state index contributed by atoms with van der Waals surface area (Å²) in [7, 11) is 0. The number of hydrogen-bond acceptors (Lipinski definition) is 3. The van der Waals surface area contributed by atoms with Crippen molar-refractivity contribution >= 4 is 5.69 Å². The zero-order valence-corrected chi connectivity index (χ0v) is 9.63. The molecule has 0 amide bonds. The van der Waals surface area contributed by atoms with Gasteiger partial charge in [0.2, 0.25) is 0 Å². The average Bonchev–Trinajstić information content (AvgIpc) is 2.39. The lowest BCUT2D eigenvalue weighted by atomic mass is 9.91. The van der Waals surface area contributed by atoms with E-state index in [9.17, 15) is 0 Å². The monoisotopic (exact) mass is 217 g/mol. The minimum Gasteiger partial charge on any atom is -0.384 e. The summed E-state index contributed by atoms with van der Waals surface area (Å²) in [6, 6.07) is 0.538. The molecule has 1 aromatic rings. The fraction of sp³-hybridized carbons (Fsp3) is 0.615. The summed E-state index contributed by atoms with van der Waals surface area (Å²) in [5.41, 5.74) is 4.20. The van der Waals surface area contributed by atoms with Crippen LogP contribution in [0.15, 0.2) is 12.4 Å². The van der Waals surface area contributed by atoms with Crippen LogP contribution in [0, 0.1) is 0 Å². The van der Waals surface area contributed by atoms with Gasteiger partial charge in [0, 0.05) is 18.8 Å². The molecule has 3 nitrogen and oxygen atoms in total. The maximum atomic E-state index is 4.37. The second-order valence-corrected chi connectivity index (χ2v) is 4.79. The highest BCUT2D eigenvalue weighted by molar-refractivity contribution is 5.55. The summed E-state index contributed by atoms with van der Waals surface area (Å²) in [6.45, 7) is 2.25. The Morgan fingerprint density at radius 1 is 1.12 bits per heavy atom. The van der Waals surface area contributed by atoms with Gasteiger partial charge in [-0.2, -0.15) is 0 Å². The minimum absolute atomic E-state index is 0.538. The Labute approximate surface area is 96.7 Å². The van der Waals surface area contributed by atoms with Crippen LogP contribution in [0.3, 0.4) is 0 Å². The van der Waals surface area contributed by atoms with E-state index in [4.69, 9.17) is 0 Å².